The van der Waals surface area contributed by atoms with Gasteiger partial charge >= 0.3 is 198 Å². The van der Waals surface area contributed by atoms with E-state index in [4.69, 9.17) is 13.0 Å². The van der Waals surface area contributed by atoms with Gasteiger partial charge in [-0.3, -0.25) is 0 Å². The fourth-order valence-corrected chi connectivity index (χ4v) is 15.5. The molecule has 2 aromatic carbocycles. The number of fused-ring (bicyclic) bond motifs is 2. The van der Waals surface area contributed by atoms with Crippen molar-refractivity contribution in [2.24, 2.45) is 11.8 Å². The molecule has 6 atom stereocenters. The van der Waals surface area contributed by atoms with Gasteiger partial charge in [0, 0.05) is 0 Å². The zero-order chi connectivity index (χ0) is 21.3. The van der Waals surface area contributed by atoms with Crippen LogP contribution in [-0.4, -0.2) is 42.5 Å². The molecule has 1 saturated carbocycles. The molecule has 156 valence electrons. The Hall–Kier alpha value is -1.43. The van der Waals surface area contributed by atoms with Crippen LogP contribution in [0.1, 0.15) is 17.5 Å². The summed E-state index contributed by atoms with van der Waals surface area (Å²) < 4.78 is 6.53. The molecule has 0 N–H and O–H groups in total. The molecule has 4 fully saturated rings. The van der Waals surface area contributed by atoms with Crippen molar-refractivity contribution in [1.82, 2.24) is 4.90 Å². The molecule has 7 heteroatoms. The van der Waals surface area contributed by atoms with Gasteiger partial charge < -0.3 is 0 Å². The summed E-state index contributed by atoms with van der Waals surface area (Å²) in [6, 6.07) is 18.2. The standard InChI is InChI=1S/C24H23N2O3.ClH.Hg/c1-25-19-10-6-5-9-18(19)24(23(25)28)12-20-17-14-29-21(24)11-16(17)22(27)26(20)13-15-7-3-2-4-8-15;;/h2-11,16-17,20-21H,12-14H2,1H3;1H;/q;;+1/p-1/t16-,17+,20+,21-,24+;;/m0../s1. The number of benzene rings is 2. The number of carbonyl (C=O) groups excluding carboxylic acids is 2. The van der Waals surface area contributed by atoms with Crippen molar-refractivity contribution in [2.75, 3.05) is 18.6 Å². The Kier molecular flexibility index (Phi) is 4.75. The Morgan fingerprint density at radius 1 is 1.13 bits per heavy atom. The first-order chi connectivity index (χ1) is 15.1. The Bertz CT molecular complexity index is 1070. The van der Waals surface area contributed by atoms with Crippen LogP contribution >= 0.6 is 8.25 Å². The monoisotopic (exact) mass is 624 g/mol. The second-order valence-corrected chi connectivity index (χ2v) is 16.9. The molecule has 2 amide bonds. The maximum atomic E-state index is 13.9. The number of likely N-dealkylation sites (tertiary alicyclic amines) is 1. The molecule has 0 unspecified atom stereocenters. The normalized spacial score (nSPS) is 35.5. The van der Waals surface area contributed by atoms with Crippen LogP contribution in [0, 0.1) is 11.8 Å². The van der Waals surface area contributed by atoms with Crippen molar-refractivity contribution < 1.29 is 37.7 Å². The number of likely N-dealkylation sites (N-methyl/N-ethyl adjacent to an activating group) is 1. The van der Waals surface area contributed by atoms with Gasteiger partial charge in [-0.15, -0.1) is 0 Å². The Labute approximate surface area is 197 Å². The Morgan fingerprint density at radius 3 is 2.65 bits per heavy atom. The van der Waals surface area contributed by atoms with Crippen LogP contribution in [0.25, 0.3) is 0 Å². The van der Waals surface area contributed by atoms with Crippen LogP contribution < -0.4 is 4.90 Å². The molecule has 3 saturated heterocycles. The first-order valence-corrected chi connectivity index (χ1v) is 20.9. The average Bonchev–Trinajstić information content (AvgIpc) is 3.05. The number of rotatable bonds is 3. The molecular formula is C24H23ClHgN2O3. The molecule has 4 bridgehead atoms. The van der Waals surface area contributed by atoms with Crippen LogP contribution in [0.4, 0.5) is 5.69 Å². The third-order valence-electron chi connectivity index (χ3n) is 8.07. The van der Waals surface area contributed by atoms with Gasteiger partial charge in [-0.25, -0.2) is 0 Å². The van der Waals surface area contributed by atoms with E-state index < -0.39 is 28.8 Å². The van der Waals surface area contributed by atoms with Gasteiger partial charge in [-0.1, -0.05) is 0 Å². The Balaban J connectivity index is 1.50. The van der Waals surface area contributed by atoms with Crippen LogP contribution in [0.2, 0.25) is 3.43 Å². The average molecular weight is 624 g/mol. The minimum atomic E-state index is -1.96. The van der Waals surface area contributed by atoms with Crippen molar-refractivity contribution in [3.63, 3.8) is 0 Å². The number of carbonyl (C=O) groups is 2. The molecule has 4 heterocycles. The van der Waals surface area contributed by atoms with Gasteiger partial charge in [0.15, 0.2) is 0 Å². The summed E-state index contributed by atoms with van der Waals surface area (Å²) in [5, 5.41) is 0. The molecule has 1 aliphatic carbocycles. The van der Waals surface area contributed by atoms with Crippen LogP contribution in [-0.2, 0) is 49.6 Å². The van der Waals surface area contributed by atoms with Gasteiger partial charge in [-0.05, 0) is 0 Å². The zero-order valence-corrected chi connectivity index (χ0v) is 23.7. The van der Waals surface area contributed by atoms with Crippen molar-refractivity contribution >= 4 is 25.8 Å². The second-order valence-electron chi connectivity index (χ2n) is 9.34. The summed E-state index contributed by atoms with van der Waals surface area (Å²) in [5.41, 5.74) is 2.39. The first kappa shape index (κ1) is 20.2. The predicted molar refractivity (Wildman–Crippen MR) is 113 cm³/mol. The Morgan fingerprint density at radius 2 is 1.87 bits per heavy atom. The van der Waals surface area contributed by atoms with E-state index in [1.807, 2.05) is 48.3 Å². The molecule has 5 aliphatic rings. The van der Waals surface area contributed by atoms with E-state index in [9.17, 15) is 9.59 Å². The van der Waals surface area contributed by atoms with E-state index in [1.165, 1.54) is 0 Å². The van der Waals surface area contributed by atoms with Gasteiger partial charge in [0.1, 0.15) is 0 Å². The summed E-state index contributed by atoms with van der Waals surface area (Å²) >= 11 is -1.96. The third-order valence-corrected chi connectivity index (χ3v) is 16.2. The second kappa shape index (κ2) is 7.29. The molecule has 1 spiro atoms. The molecule has 5 nitrogen and oxygen atoms in total. The maximum absolute atomic E-state index is 13.9. The number of halogens is 1. The summed E-state index contributed by atoms with van der Waals surface area (Å²) in [6.45, 7) is 1.12. The number of hydrogen-bond acceptors (Lipinski definition) is 3. The van der Waals surface area contributed by atoms with Gasteiger partial charge in [0.2, 0.25) is 0 Å². The SMILES string of the molecule is CN1C(=O)[C@]2(C[C@@H]3[C@@H]4CO[C@H]2[C@H]([Hg][Cl])[C@@H]4C(=O)N3Cc2ccccc2)c2ccccc21. The molecule has 4 aliphatic heterocycles. The summed E-state index contributed by atoms with van der Waals surface area (Å²) in [7, 11) is 8.59. The van der Waals surface area contributed by atoms with Crippen LogP contribution in [0.5, 0.6) is 0 Å². The summed E-state index contributed by atoms with van der Waals surface area (Å²) in [5.74, 6) is 0.362. The molecule has 0 aromatic heterocycles. The predicted octanol–water partition coefficient (Wildman–Crippen LogP) is 3.37. The topological polar surface area (TPSA) is 49.9 Å². The van der Waals surface area contributed by atoms with Gasteiger partial charge in [-0.2, -0.15) is 0 Å². The van der Waals surface area contributed by atoms with Crippen molar-refractivity contribution in [3.8, 4) is 0 Å². The molecule has 2 aromatic rings. The zero-order valence-electron chi connectivity index (χ0n) is 17.4. The molecule has 7 rings (SSSR count). The van der Waals surface area contributed by atoms with Crippen molar-refractivity contribution in [1.29, 1.82) is 0 Å². The van der Waals surface area contributed by atoms with Crippen LogP contribution in [0.15, 0.2) is 54.6 Å². The summed E-state index contributed by atoms with van der Waals surface area (Å²) in [6.07, 6.45) is 0.345. The fraction of sp³-hybridized carbons (Fsp3) is 0.417. The van der Waals surface area contributed by atoms with Crippen molar-refractivity contribution in [3.05, 3.63) is 65.7 Å². The number of ether oxygens (including phenoxy) is 1. The number of anilines is 1. The van der Waals surface area contributed by atoms with E-state index in [0.717, 1.165) is 16.8 Å². The van der Waals surface area contributed by atoms with E-state index in [-0.39, 0.29) is 39.2 Å². The minimum absolute atomic E-state index is 0.00664. The molecular weight excluding hydrogens is 600 g/mol. The number of hydrogen-bond donors (Lipinski definition) is 0. The van der Waals surface area contributed by atoms with Gasteiger partial charge in [0.25, 0.3) is 0 Å². The quantitative estimate of drug-likeness (QED) is 0.494. The van der Waals surface area contributed by atoms with E-state index in [2.05, 4.69) is 18.2 Å². The number of amides is 2. The van der Waals surface area contributed by atoms with Crippen molar-refractivity contribution in [2.45, 2.75) is 34.0 Å². The third kappa shape index (κ3) is 2.63. The van der Waals surface area contributed by atoms with E-state index >= 15 is 0 Å². The number of para-hydroxylation sites is 1. The first-order valence-electron chi connectivity index (χ1n) is 11.0. The summed E-state index contributed by atoms with van der Waals surface area (Å²) in [4.78, 5) is 31.4. The molecule has 31 heavy (non-hydrogen) atoms. The molecule has 0 radical (unpaired) electrons. The number of nitrogens with zero attached hydrogens (tertiary/aromatic N) is 2. The van der Waals surface area contributed by atoms with Gasteiger partial charge in [0.05, 0.1) is 0 Å². The van der Waals surface area contributed by atoms with Crippen LogP contribution in [0.3, 0.4) is 0 Å². The van der Waals surface area contributed by atoms with E-state index in [0.29, 0.717) is 19.6 Å². The van der Waals surface area contributed by atoms with E-state index in [1.54, 1.807) is 4.90 Å². The fourth-order valence-electron chi connectivity index (χ4n) is 6.76.